The van der Waals surface area contributed by atoms with E-state index in [0.29, 0.717) is 11.4 Å². The molecule has 1 aromatic carbocycles. The van der Waals surface area contributed by atoms with Crippen molar-refractivity contribution in [1.82, 2.24) is 9.55 Å². The molecule has 0 bridgehead atoms. The fourth-order valence-electron chi connectivity index (χ4n) is 1.36. The van der Waals surface area contributed by atoms with Gasteiger partial charge in [-0.2, -0.15) is 0 Å². The summed E-state index contributed by atoms with van der Waals surface area (Å²) in [5.74, 6) is 0.709. The summed E-state index contributed by atoms with van der Waals surface area (Å²) in [6, 6.07) is 8.25. The van der Waals surface area contributed by atoms with Gasteiger partial charge in [0, 0.05) is 12.3 Å². The first kappa shape index (κ1) is 10.2. The van der Waals surface area contributed by atoms with Gasteiger partial charge in [-0.1, -0.05) is 0 Å². The van der Waals surface area contributed by atoms with Gasteiger partial charge in [-0.15, -0.1) is 0 Å². The third-order valence-electron chi connectivity index (χ3n) is 2.17. The van der Waals surface area contributed by atoms with Crippen molar-refractivity contribution in [3.8, 4) is 11.4 Å². The number of hydrogen-bond donors (Lipinski definition) is 1. The van der Waals surface area contributed by atoms with Gasteiger partial charge in [0.1, 0.15) is 5.75 Å². The molecule has 0 fully saturated rings. The summed E-state index contributed by atoms with van der Waals surface area (Å²) in [5, 5.41) is 0. The minimum atomic E-state index is -0.460. The normalized spacial score (nSPS) is 10.1. The van der Waals surface area contributed by atoms with Crippen molar-refractivity contribution in [2.24, 2.45) is 0 Å². The molecule has 0 aliphatic heterocycles. The molecule has 0 radical (unpaired) electrons. The number of methoxy groups -OCH3 is 1. The third-order valence-corrected chi connectivity index (χ3v) is 2.17. The molecular weight excluding hydrogens is 208 g/mol. The summed E-state index contributed by atoms with van der Waals surface area (Å²) in [7, 11) is 1.57. The number of H-pyrrole nitrogens is 1. The lowest BCUT2D eigenvalue weighted by Gasteiger charge is -2.05. The van der Waals surface area contributed by atoms with Gasteiger partial charge in [-0.05, 0) is 24.3 Å². The van der Waals surface area contributed by atoms with Crippen LogP contribution in [0.15, 0.2) is 46.1 Å². The lowest BCUT2D eigenvalue weighted by atomic mass is 10.3. The van der Waals surface area contributed by atoms with Crippen molar-refractivity contribution in [2.45, 2.75) is 0 Å². The Morgan fingerprint density at radius 1 is 1.12 bits per heavy atom. The first-order chi connectivity index (χ1) is 7.70. The summed E-state index contributed by atoms with van der Waals surface area (Å²) >= 11 is 0. The summed E-state index contributed by atoms with van der Waals surface area (Å²) in [6.45, 7) is 0. The monoisotopic (exact) mass is 218 g/mol. The molecule has 1 heterocycles. The van der Waals surface area contributed by atoms with Crippen molar-refractivity contribution in [2.75, 3.05) is 7.11 Å². The molecule has 0 unspecified atom stereocenters. The summed E-state index contributed by atoms with van der Waals surface area (Å²) in [5.41, 5.74) is -0.200. The van der Waals surface area contributed by atoms with E-state index in [2.05, 4.69) is 4.98 Å². The van der Waals surface area contributed by atoms with Crippen molar-refractivity contribution in [3.63, 3.8) is 0 Å². The average molecular weight is 218 g/mol. The van der Waals surface area contributed by atoms with Gasteiger partial charge in [0.05, 0.1) is 12.8 Å². The summed E-state index contributed by atoms with van der Waals surface area (Å²) in [4.78, 5) is 24.5. The second-order valence-electron chi connectivity index (χ2n) is 3.18. The molecule has 2 rings (SSSR count). The number of aromatic amines is 1. The number of benzene rings is 1. The Morgan fingerprint density at radius 2 is 1.81 bits per heavy atom. The highest BCUT2D eigenvalue weighted by atomic mass is 16.5. The van der Waals surface area contributed by atoms with Gasteiger partial charge in [-0.25, -0.2) is 4.79 Å². The Labute approximate surface area is 90.9 Å². The van der Waals surface area contributed by atoms with E-state index < -0.39 is 11.2 Å². The van der Waals surface area contributed by atoms with E-state index in [1.807, 2.05) is 0 Å². The highest BCUT2D eigenvalue weighted by Crippen LogP contribution is 2.12. The Hall–Kier alpha value is -2.30. The fourth-order valence-corrected chi connectivity index (χ4v) is 1.36. The van der Waals surface area contributed by atoms with Crippen molar-refractivity contribution < 1.29 is 4.74 Å². The molecule has 2 aromatic rings. The third kappa shape index (κ3) is 1.88. The Morgan fingerprint density at radius 3 is 2.38 bits per heavy atom. The standard InChI is InChI=1S/C11H10N2O3/c1-16-9-4-2-8(3-5-9)13-7-6-10(14)12-11(13)15/h2-7H,1H3,(H,12,14,15). The van der Waals surface area contributed by atoms with Crippen LogP contribution in [0.25, 0.3) is 5.69 Å². The quantitative estimate of drug-likeness (QED) is 0.799. The van der Waals surface area contributed by atoms with Crippen LogP contribution in [0.2, 0.25) is 0 Å². The van der Waals surface area contributed by atoms with E-state index in [4.69, 9.17) is 4.74 Å². The fraction of sp³-hybridized carbons (Fsp3) is 0.0909. The molecule has 0 aliphatic rings. The number of ether oxygens (including phenoxy) is 1. The number of aromatic nitrogens is 2. The van der Waals surface area contributed by atoms with Gasteiger partial charge in [0.25, 0.3) is 5.56 Å². The van der Waals surface area contributed by atoms with Gasteiger partial charge >= 0.3 is 5.69 Å². The molecule has 0 saturated carbocycles. The van der Waals surface area contributed by atoms with E-state index >= 15 is 0 Å². The summed E-state index contributed by atoms with van der Waals surface area (Å²) in [6.07, 6.45) is 1.43. The number of nitrogens with one attached hydrogen (secondary N) is 1. The maximum atomic E-state index is 11.5. The molecule has 0 spiro atoms. The zero-order chi connectivity index (χ0) is 11.5. The molecule has 1 aromatic heterocycles. The lowest BCUT2D eigenvalue weighted by Crippen LogP contribution is -2.27. The van der Waals surface area contributed by atoms with Crippen LogP contribution in [0, 0.1) is 0 Å². The van der Waals surface area contributed by atoms with E-state index in [1.165, 1.54) is 16.8 Å². The molecule has 5 heteroatoms. The van der Waals surface area contributed by atoms with Gasteiger partial charge in [0.15, 0.2) is 0 Å². The SMILES string of the molecule is COc1ccc(-n2ccc(=O)[nH]c2=O)cc1. The minimum Gasteiger partial charge on any atom is -0.497 e. The van der Waals surface area contributed by atoms with Crippen LogP contribution >= 0.6 is 0 Å². The van der Waals surface area contributed by atoms with Gasteiger partial charge in [-0.3, -0.25) is 14.3 Å². The summed E-state index contributed by atoms with van der Waals surface area (Å²) < 4.78 is 6.36. The topological polar surface area (TPSA) is 64.1 Å². The van der Waals surface area contributed by atoms with E-state index in [9.17, 15) is 9.59 Å². The molecular formula is C11H10N2O3. The average Bonchev–Trinajstić information content (AvgIpc) is 2.29. The Balaban J connectivity index is 2.50. The zero-order valence-electron chi connectivity index (χ0n) is 8.64. The minimum absolute atomic E-state index is 0.408. The number of rotatable bonds is 2. The molecule has 0 aliphatic carbocycles. The van der Waals surface area contributed by atoms with Crippen molar-refractivity contribution >= 4 is 0 Å². The zero-order valence-corrected chi connectivity index (χ0v) is 8.64. The number of nitrogens with zero attached hydrogens (tertiary/aromatic N) is 1. The van der Waals surface area contributed by atoms with Crippen LogP contribution in [0.3, 0.4) is 0 Å². The van der Waals surface area contributed by atoms with Crippen LogP contribution in [-0.2, 0) is 0 Å². The van der Waals surface area contributed by atoms with Gasteiger partial charge in [0.2, 0.25) is 0 Å². The predicted octanol–water partition coefficient (Wildman–Crippen LogP) is 0.534. The molecule has 0 amide bonds. The first-order valence-electron chi connectivity index (χ1n) is 4.67. The van der Waals surface area contributed by atoms with E-state index in [0.717, 1.165) is 0 Å². The predicted molar refractivity (Wildman–Crippen MR) is 59.2 cm³/mol. The molecule has 5 nitrogen and oxygen atoms in total. The van der Waals surface area contributed by atoms with Gasteiger partial charge < -0.3 is 4.74 Å². The highest BCUT2D eigenvalue weighted by Gasteiger charge is 1.99. The Bertz CT molecular complexity index is 596. The van der Waals surface area contributed by atoms with Crippen LogP contribution in [0.4, 0.5) is 0 Å². The lowest BCUT2D eigenvalue weighted by molar-refractivity contribution is 0.414. The second-order valence-corrected chi connectivity index (χ2v) is 3.18. The smallest absolute Gasteiger partial charge is 0.332 e. The molecule has 0 atom stereocenters. The second kappa shape index (κ2) is 4.06. The van der Waals surface area contributed by atoms with E-state index in [1.54, 1.807) is 31.4 Å². The largest absolute Gasteiger partial charge is 0.497 e. The van der Waals surface area contributed by atoms with E-state index in [-0.39, 0.29) is 0 Å². The highest BCUT2D eigenvalue weighted by molar-refractivity contribution is 5.37. The van der Waals surface area contributed by atoms with Crippen LogP contribution in [0.5, 0.6) is 5.75 Å². The van der Waals surface area contributed by atoms with Crippen LogP contribution in [0.1, 0.15) is 0 Å². The molecule has 16 heavy (non-hydrogen) atoms. The number of hydrogen-bond acceptors (Lipinski definition) is 3. The van der Waals surface area contributed by atoms with Crippen molar-refractivity contribution in [3.05, 3.63) is 57.4 Å². The van der Waals surface area contributed by atoms with Crippen LogP contribution < -0.4 is 16.0 Å². The first-order valence-corrected chi connectivity index (χ1v) is 4.67. The maximum absolute atomic E-state index is 11.5. The maximum Gasteiger partial charge on any atom is 0.332 e. The molecule has 1 N–H and O–H groups in total. The Kier molecular flexibility index (Phi) is 2.59. The molecule has 82 valence electrons. The van der Waals surface area contributed by atoms with Crippen molar-refractivity contribution in [1.29, 1.82) is 0 Å². The molecule has 0 saturated heterocycles. The van der Waals surface area contributed by atoms with Crippen LogP contribution in [-0.4, -0.2) is 16.7 Å².